The molecule has 2 heterocycles. The summed E-state index contributed by atoms with van der Waals surface area (Å²) in [6, 6.07) is 44.1. The fraction of sp³-hybridized carbons (Fsp3) is 0. The summed E-state index contributed by atoms with van der Waals surface area (Å²) in [6.45, 7) is 0. The van der Waals surface area contributed by atoms with E-state index in [0.29, 0.717) is 71.9 Å². The number of fused-ring (bicyclic) bond motifs is 5. The SMILES string of the molecule is N#Cc1ccc(-c2nc3c(-c4ccccc4)cc4c(-c5ccccc5-c5c(F)c(F)c(C#N)c(F)c5F)nc5ccccc5c4c3nc2-c2ccc(C#N)cc2)cc1. The molecule has 2 aromatic heterocycles. The molecule has 0 N–H and O–H groups in total. The van der Waals surface area contributed by atoms with Gasteiger partial charge in [0.1, 0.15) is 11.6 Å². The van der Waals surface area contributed by atoms with E-state index in [1.165, 1.54) is 18.2 Å². The van der Waals surface area contributed by atoms with Gasteiger partial charge in [0.05, 0.1) is 62.5 Å². The van der Waals surface area contributed by atoms with Gasteiger partial charge in [-0.15, -0.1) is 0 Å². The molecule has 0 saturated carbocycles. The molecule has 9 aromatic rings. The molecule has 10 heteroatoms. The van der Waals surface area contributed by atoms with Crippen molar-refractivity contribution in [3.05, 3.63) is 173 Å². The average molecular weight is 759 g/mol. The lowest BCUT2D eigenvalue weighted by molar-refractivity contribution is 0.454. The lowest BCUT2D eigenvalue weighted by atomic mass is 9.90. The Morgan fingerprint density at radius 2 is 0.948 bits per heavy atom. The highest BCUT2D eigenvalue weighted by molar-refractivity contribution is 6.24. The van der Waals surface area contributed by atoms with Gasteiger partial charge in [-0.1, -0.05) is 97.1 Å². The first-order valence-electron chi connectivity index (χ1n) is 17.8. The second-order valence-electron chi connectivity index (χ2n) is 13.3. The molecule has 0 aliphatic heterocycles. The van der Waals surface area contributed by atoms with Crippen LogP contribution in [0.25, 0.3) is 88.7 Å². The van der Waals surface area contributed by atoms with Crippen molar-refractivity contribution in [3.63, 3.8) is 0 Å². The molecule has 0 fully saturated rings. The molecule has 0 spiro atoms. The van der Waals surface area contributed by atoms with Gasteiger partial charge in [0, 0.05) is 38.4 Å². The number of pyridine rings is 1. The summed E-state index contributed by atoms with van der Waals surface area (Å²) < 4.78 is 61.9. The monoisotopic (exact) mass is 758 g/mol. The fourth-order valence-electron chi connectivity index (χ4n) is 7.36. The summed E-state index contributed by atoms with van der Waals surface area (Å²) in [7, 11) is 0. The van der Waals surface area contributed by atoms with Gasteiger partial charge in [-0.05, 0) is 47.5 Å². The third-order valence-corrected chi connectivity index (χ3v) is 10.1. The number of hydrogen-bond acceptors (Lipinski definition) is 6. The Morgan fingerprint density at radius 3 is 1.53 bits per heavy atom. The van der Waals surface area contributed by atoms with Crippen LogP contribution in [0.5, 0.6) is 0 Å². The first kappa shape index (κ1) is 35.4. The summed E-state index contributed by atoms with van der Waals surface area (Å²) in [4.78, 5) is 15.8. The number of benzene rings is 7. The highest BCUT2D eigenvalue weighted by atomic mass is 19.2. The van der Waals surface area contributed by atoms with Gasteiger partial charge in [-0.2, -0.15) is 15.8 Å². The first-order chi connectivity index (χ1) is 28.3. The number of para-hydroxylation sites is 1. The third-order valence-electron chi connectivity index (χ3n) is 10.1. The number of aromatic nitrogens is 3. The molecular weight excluding hydrogens is 737 g/mol. The van der Waals surface area contributed by atoms with Crippen LogP contribution in [0.3, 0.4) is 0 Å². The van der Waals surface area contributed by atoms with Crippen LogP contribution >= 0.6 is 0 Å². The molecule has 272 valence electrons. The number of nitriles is 3. The van der Waals surface area contributed by atoms with Crippen molar-refractivity contribution in [1.82, 2.24) is 15.0 Å². The van der Waals surface area contributed by atoms with Gasteiger partial charge in [-0.25, -0.2) is 32.5 Å². The summed E-state index contributed by atoms with van der Waals surface area (Å²) in [5.74, 6) is -7.03. The van der Waals surface area contributed by atoms with E-state index >= 15 is 17.6 Å². The Labute approximate surface area is 327 Å². The molecule has 6 nitrogen and oxygen atoms in total. The van der Waals surface area contributed by atoms with E-state index in [-0.39, 0.29) is 16.8 Å². The minimum Gasteiger partial charge on any atom is -0.247 e. The Kier molecular flexibility index (Phi) is 8.62. The fourth-order valence-corrected chi connectivity index (χ4v) is 7.36. The Morgan fingerprint density at radius 1 is 0.414 bits per heavy atom. The molecule has 7 aromatic carbocycles. The van der Waals surface area contributed by atoms with Crippen LogP contribution in [-0.2, 0) is 0 Å². The molecule has 0 aliphatic rings. The zero-order valence-corrected chi connectivity index (χ0v) is 29.9. The van der Waals surface area contributed by atoms with Gasteiger partial charge >= 0.3 is 0 Å². The zero-order chi connectivity index (χ0) is 40.1. The molecule has 0 unspecified atom stereocenters. The van der Waals surface area contributed by atoms with Crippen LogP contribution in [0.2, 0.25) is 0 Å². The van der Waals surface area contributed by atoms with E-state index < -0.39 is 34.4 Å². The van der Waals surface area contributed by atoms with E-state index in [9.17, 15) is 15.8 Å². The predicted molar refractivity (Wildman–Crippen MR) is 214 cm³/mol. The lowest BCUT2D eigenvalue weighted by Crippen LogP contribution is -2.05. The highest BCUT2D eigenvalue weighted by Gasteiger charge is 2.29. The van der Waals surface area contributed by atoms with Crippen molar-refractivity contribution in [2.75, 3.05) is 0 Å². The maximum Gasteiger partial charge on any atom is 0.180 e. The Balaban J connectivity index is 1.46. The summed E-state index contributed by atoms with van der Waals surface area (Å²) >= 11 is 0. The second kappa shape index (κ2) is 14.1. The molecule has 0 radical (unpaired) electrons. The molecule has 0 aliphatic carbocycles. The maximum atomic E-state index is 15.8. The molecule has 0 atom stereocenters. The van der Waals surface area contributed by atoms with E-state index in [1.54, 1.807) is 72.8 Å². The highest BCUT2D eigenvalue weighted by Crippen LogP contribution is 2.45. The minimum atomic E-state index is -1.80. The van der Waals surface area contributed by atoms with Crippen LogP contribution in [0.4, 0.5) is 17.6 Å². The molecule has 0 amide bonds. The van der Waals surface area contributed by atoms with Gasteiger partial charge < -0.3 is 0 Å². The number of hydrogen-bond donors (Lipinski definition) is 0. The topological polar surface area (TPSA) is 110 Å². The molecule has 0 bridgehead atoms. The van der Waals surface area contributed by atoms with Crippen molar-refractivity contribution in [1.29, 1.82) is 15.8 Å². The van der Waals surface area contributed by atoms with Crippen LogP contribution in [0, 0.1) is 57.3 Å². The van der Waals surface area contributed by atoms with Crippen molar-refractivity contribution < 1.29 is 17.6 Å². The van der Waals surface area contributed by atoms with Crippen molar-refractivity contribution in [2.45, 2.75) is 0 Å². The van der Waals surface area contributed by atoms with Crippen LogP contribution in [0.15, 0.2) is 133 Å². The first-order valence-corrected chi connectivity index (χ1v) is 17.8. The number of nitrogens with zero attached hydrogens (tertiary/aromatic N) is 6. The molecule has 9 rings (SSSR count). The van der Waals surface area contributed by atoms with Crippen LogP contribution < -0.4 is 0 Å². The van der Waals surface area contributed by atoms with Gasteiger partial charge in [0.2, 0.25) is 0 Å². The Hall–Kier alpha value is -8.26. The normalized spacial score (nSPS) is 11.1. The van der Waals surface area contributed by atoms with Gasteiger partial charge in [0.15, 0.2) is 23.3 Å². The van der Waals surface area contributed by atoms with Crippen molar-refractivity contribution in [2.24, 2.45) is 0 Å². The van der Waals surface area contributed by atoms with E-state index in [1.807, 2.05) is 48.5 Å². The third kappa shape index (κ3) is 5.66. The standard InChI is InChI=1S/C48H22F4N6/c49-40-36(25-55)41(50)43(52)39(42(40)51)31-10-4-5-11-32(31)46-35-22-34(28-8-2-1-3-9-28)47-48(38(35)33-12-6-7-13-37(33)56-46)58-45(30-20-16-27(24-54)17-21-30)44(57-47)29-18-14-26(23-53)15-19-29/h1-22H. The Bertz CT molecular complexity index is 3260. The smallest absolute Gasteiger partial charge is 0.180 e. The maximum absolute atomic E-state index is 15.8. The van der Waals surface area contributed by atoms with E-state index in [2.05, 4.69) is 12.1 Å². The van der Waals surface area contributed by atoms with Crippen LogP contribution in [-0.4, -0.2) is 15.0 Å². The number of halogens is 4. The van der Waals surface area contributed by atoms with Gasteiger partial charge in [-0.3, -0.25) is 0 Å². The van der Waals surface area contributed by atoms with E-state index in [4.69, 9.17) is 15.0 Å². The minimum absolute atomic E-state index is 0.160. The second-order valence-corrected chi connectivity index (χ2v) is 13.3. The molecule has 58 heavy (non-hydrogen) atoms. The summed E-state index contributed by atoms with van der Waals surface area (Å²) in [5.41, 5.74) is 3.98. The predicted octanol–water partition coefficient (Wildman–Crippen LogP) is 11.8. The van der Waals surface area contributed by atoms with Crippen molar-refractivity contribution in [3.8, 4) is 74.2 Å². The number of rotatable bonds is 5. The molecular formula is C48H22F4N6. The van der Waals surface area contributed by atoms with Gasteiger partial charge in [0.25, 0.3) is 0 Å². The molecule has 0 saturated heterocycles. The van der Waals surface area contributed by atoms with Crippen molar-refractivity contribution >= 4 is 32.7 Å². The summed E-state index contributed by atoms with van der Waals surface area (Å²) in [5, 5.41) is 30.2. The van der Waals surface area contributed by atoms with E-state index in [0.717, 1.165) is 5.56 Å². The quantitative estimate of drug-likeness (QED) is 0.0982. The largest absolute Gasteiger partial charge is 0.247 e. The van der Waals surface area contributed by atoms with Crippen LogP contribution in [0.1, 0.15) is 16.7 Å². The average Bonchev–Trinajstić information content (AvgIpc) is 3.28. The zero-order valence-electron chi connectivity index (χ0n) is 29.9. The summed E-state index contributed by atoms with van der Waals surface area (Å²) in [6.07, 6.45) is 0. The lowest BCUT2D eigenvalue weighted by Gasteiger charge is -2.19.